The van der Waals surface area contributed by atoms with Crippen LogP contribution in [0.1, 0.15) is 26.2 Å². The zero-order valence-electron chi connectivity index (χ0n) is 11.2. The van der Waals surface area contributed by atoms with Crippen molar-refractivity contribution < 1.29 is 19.1 Å². The van der Waals surface area contributed by atoms with Gasteiger partial charge in [-0.05, 0) is 12.0 Å². The van der Waals surface area contributed by atoms with Crippen LogP contribution in [0.25, 0.3) is 0 Å². The SMILES string of the molecule is C=C1CC(=O)CC(CC)(C(=O)N2CCOCC2)C1=O. The minimum absolute atomic E-state index is 0.0115. The Hall–Kier alpha value is -1.49. The molecule has 2 aliphatic rings. The van der Waals surface area contributed by atoms with Gasteiger partial charge in [-0.3, -0.25) is 14.4 Å². The van der Waals surface area contributed by atoms with Crippen LogP contribution in [0.3, 0.4) is 0 Å². The minimum atomic E-state index is -1.22. The van der Waals surface area contributed by atoms with Crippen molar-refractivity contribution in [1.29, 1.82) is 0 Å². The maximum absolute atomic E-state index is 12.7. The van der Waals surface area contributed by atoms with Gasteiger partial charge in [-0.15, -0.1) is 0 Å². The van der Waals surface area contributed by atoms with E-state index >= 15 is 0 Å². The third-order valence-electron chi connectivity index (χ3n) is 3.98. The van der Waals surface area contributed by atoms with Gasteiger partial charge in [-0.1, -0.05) is 13.5 Å². The molecule has 0 spiro atoms. The first-order valence-electron chi connectivity index (χ1n) is 6.62. The number of nitrogens with zero attached hydrogens (tertiary/aromatic N) is 1. The summed E-state index contributed by atoms with van der Waals surface area (Å²) in [6.45, 7) is 7.35. The molecule has 0 aromatic rings. The predicted molar refractivity (Wildman–Crippen MR) is 68.5 cm³/mol. The Morgan fingerprint density at radius 2 is 2.00 bits per heavy atom. The van der Waals surface area contributed by atoms with Gasteiger partial charge in [0.15, 0.2) is 5.78 Å². The molecular formula is C14H19NO4. The number of carbonyl (C=O) groups is 3. The van der Waals surface area contributed by atoms with Crippen molar-refractivity contribution >= 4 is 17.5 Å². The molecule has 1 heterocycles. The van der Waals surface area contributed by atoms with E-state index in [1.807, 2.05) is 0 Å². The average molecular weight is 265 g/mol. The van der Waals surface area contributed by atoms with Crippen LogP contribution in [-0.4, -0.2) is 48.7 Å². The summed E-state index contributed by atoms with van der Waals surface area (Å²) in [5.74, 6) is -0.573. The van der Waals surface area contributed by atoms with E-state index in [2.05, 4.69) is 6.58 Å². The lowest BCUT2D eigenvalue weighted by Crippen LogP contribution is -2.54. The zero-order chi connectivity index (χ0) is 14.0. The summed E-state index contributed by atoms with van der Waals surface area (Å²) in [6.07, 6.45) is 0.432. The molecule has 2 fully saturated rings. The molecule has 2 rings (SSSR count). The quantitative estimate of drug-likeness (QED) is 0.545. The van der Waals surface area contributed by atoms with Crippen molar-refractivity contribution in [2.24, 2.45) is 5.41 Å². The maximum Gasteiger partial charge on any atom is 0.237 e. The summed E-state index contributed by atoms with van der Waals surface area (Å²) in [5, 5.41) is 0. The second kappa shape index (κ2) is 5.25. The van der Waals surface area contributed by atoms with Gasteiger partial charge in [-0.2, -0.15) is 0 Å². The molecule has 0 aromatic heterocycles. The molecule has 1 atom stereocenters. The number of carbonyl (C=O) groups excluding carboxylic acids is 3. The number of Topliss-reactive ketones (excluding diaryl/α,β-unsaturated/α-hetero) is 2. The van der Waals surface area contributed by atoms with Gasteiger partial charge in [0.05, 0.1) is 13.2 Å². The van der Waals surface area contributed by atoms with Gasteiger partial charge < -0.3 is 9.64 Å². The van der Waals surface area contributed by atoms with Crippen LogP contribution in [0, 0.1) is 5.41 Å². The van der Waals surface area contributed by atoms with Crippen LogP contribution < -0.4 is 0 Å². The van der Waals surface area contributed by atoms with E-state index in [9.17, 15) is 14.4 Å². The number of ether oxygens (including phenoxy) is 1. The minimum Gasteiger partial charge on any atom is -0.378 e. The lowest BCUT2D eigenvalue weighted by atomic mass is 9.68. The van der Waals surface area contributed by atoms with Crippen LogP contribution in [0.15, 0.2) is 12.2 Å². The molecule has 5 nitrogen and oxygen atoms in total. The molecule has 1 amide bonds. The van der Waals surface area contributed by atoms with Crippen molar-refractivity contribution in [2.45, 2.75) is 26.2 Å². The van der Waals surface area contributed by atoms with Crippen LogP contribution in [0.4, 0.5) is 0 Å². The molecule has 1 saturated heterocycles. The first kappa shape index (κ1) is 13.9. The van der Waals surface area contributed by atoms with Gasteiger partial charge in [0.2, 0.25) is 5.91 Å². The van der Waals surface area contributed by atoms with E-state index in [4.69, 9.17) is 4.74 Å². The highest BCUT2D eigenvalue weighted by atomic mass is 16.5. The lowest BCUT2D eigenvalue weighted by molar-refractivity contribution is -0.156. The molecule has 1 unspecified atom stereocenters. The molecule has 0 bridgehead atoms. The number of rotatable bonds is 2. The molecule has 104 valence electrons. The highest BCUT2D eigenvalue weighted by Crippen LogP contribution is 2.38. The van der Waals surface area contributed by atoms with Gasteiger partial charge in [0, 0.05) is 25.9 Å². The first-order chi connectivity index (χ1) is 9.01. The number of amides is 1. The number of hydrogen-bond donors (Lipinski definition) is 0. The van der Waals surface area contributed by atoms with Gasteiger partial charge in [0.1, 0.15) is 11.2 Å². The Kier molecular flexibility index (Phi) is 3.85. The van der Waals surface area contributed by atoms with Gasteiger partial charge >= 0.3 is 0 Å². The Balaban J connectivity index is 2.29. The van der Waals surface area contributed by atoms with Crippen molar-refractivity contribution in [3.63, 3.8) is 0 Å². The van der Waals surface area contributed by atoms with E-state index in [-0.39, 0.29) is 35.9 Å². The molecule has 1 aliphatic heterocycles. The molecule has 0 radical (unpaired) electrons. The van der Waals surface area contributed by atoms with Crippen LogP contribution >= 0.6 is 0 Å². The van der Waals surface area contributed by atoms with E-state index in [0.29, 0.717) is 32.7 Å². The standard InChI is InChI=1S/C14H19NO4/c1-3-14(9-11(16)8-10(2)12(14)17)13(18)15-4-6-19-7-5-15/h2-9H2,1H3. The third-order valence-corrected chi connectivity index (χ3v) is 3.98. The summed E-state index contributed by atoms with van der Waals surface area (Å²) < 4.78 is 5.21. The first-order valence-corrected chi connectivity index (χ1v) is 6.62. The highest BCUT2D eigenvalue weighted by molar-refractivity contribution is 6.19. The Morgan fingerprint density at radius 3 is 2.58 bits per heavy atom. The van der Waals surface area contributed by atoms with E-state index in [1.54, 1.807) is 11.8 Å². The van der Waals surface area contributed by atoms with Crippen molar-refractivity contribution in [3.05, 3.63) is 12.2 Å². The maximum atomic E-state index is 12.7. The fraction of sp³-hybridized carbons (Fsp3) is 0.643. The summed E-state index contributed by atoms with van der Waals surface area (Å²) in [4.78, 5) is 38.4. The fourth-order valence-corrected chi connectivity index (χ4v) is 2.81. The lowest BCUT2D eigenvalue weighted by Gasteiger charge is -2.39. The van der Waals surface area contributed by atoms with Crippen LogP contribution in [0.5, 0.6) is 0 Å². The zero-order valence-corrected chi connectivity index (χ0v) is 11.2. The van der Waals surface area contributed by atoms with Crippen molar-refractivity contribution in [3.8, 4) is 0 Å². The topological polar surface area (TPSA) is 63.7 Å². The second-order valence-electron chi connectivity index (χ2n) is 5.17. The fourth-order valence-electron chi connectivity index (χ4n) is 2.81. The van der Waals surface area contributed by atoms with Gasteiger partial charge in [0.25, 0.3) is 0 Å². The van der Waals surface area contributed by atoms with Crippen molar-refractivity contribution in [1.82, 2.24) is 4.90 Å². The van der Waals surface area contributed by atoms with E-state index < -0.39 is 5.41 Å². The molecule has 0 aromatic carbocycles. The molecule has 5 heteroatoms. The van der Waals surface area contributed by atoms with Gasteiger partial charge in [-0.25, -0.2) is 0 Å². The number of allylic oxidation sites excluding steroid dienone is 1. The monoisotopic (exact) mass is 265 g/mol. The Labute approximate surface area is 112 Å². The predicted octanol–water partition coefficient (Wildman–Crippen LogP) is 0.730. The number of morpholine rings is 1. The van der Waals surface area contributed by atoms with Crippen LogP contribution in [0.2, 0.25) is 0 Å². The Morgan fingerprint density at radius 1 is 1.37 bits per heavy atom. The summed E-state index contributed by atoms with van der Waals surface area (Å²) >= 11 is 0. The molecule has 1 saturated carbocycles. The smallest absolute Gasteiger partial charge is 0.237 e. The summed E-state index contributed by atoms with van der Waals surface area (Å²) in [7, 11) is 0. The highest BCUT2D eigenvalue weighted by Gasteiger charge is 2.51. The normalized spacial score (nSPS) is 28.7. The van der Waals surface area contributed by atoms with Crippen LogP contribution in [-0.2, 0) is 19.1 Å². The second-order valence-corrected chi connectivity index (χ2v) is 5.17. The number of hydrogen-bond acceptors (Lipinski definition) is 4. The summed E-state index contributed by atoms with van der Waals surface area (Å²) in [6, 6.07) is 0. The summed E-state index contributed by atoms with van der Waals surface area (Å²) in [5.41, 5.74) is -0.955. The molecule has 1 aliphatic carbocycles. The molecular weight excluding hydrogens is 246 g/mol. The van der Waals surface area contributed by atoms with Crippen molar-refractivity contribution in [2.75, 3.05) is 26.3 Å². The number of ketones is 2. The Bertz CT molecular complexity index is 437. The van der Waals surface area contributed by atoms with E-state index in [0.717, 1.165) is 0 Å². The largest absolute Gasteiger partial charge is 0.378 e. The molecule has 0 N–H and O–H groups in total. The average Bonchev–Trinajstić information content (AvgIpc) is 2.43. The third kappa shape index (κ3) is 2.34. The molecule has 19 heavy (non-hydrogen) atoms. The van der Waals surface area contributed by atoms with E-state index in [1.165, 1.54) is 0 Å².